The Morgan fingerprint density at radius 2 is 2.25 bits per heavy atom. The van der Waals surface area contributed by atoms with Crippen LogP contribution in [0.4, 0.5) is 5.69 Å². The summed E-state index contributed by atoms with van der Waals surface area (Å²) in [6.45, 7) is 4.05. The minimum absolute atomic E-state index is 0.210. The Balaban J connectivity index is 2.98. The molecule has 4 heteroatoms. The van der Waals surface area contributed by atoms with E-state index >= 15 is 0 Å². The lowest BCUT2D eigenvalue weighted by atomic mass is 10.0. The average molecular weight is 222 g/mol. The number of nitrogens with zero attached hydrogens (tertiary/aromatic N) is 2. The number of pyridine rings is 1. The van der Waals surface area contributed by atoms with Gasteiger partial charge in [-0.15, -0.1) is 0 Å². The van der Waals surface area contributed by atoms with Gasteiger partial charge in [0.2, 0.25) is 0 Å². The number of aromatic nitrogens is 1. The van der Waals surface area contributed by atoms with Crippen LogP contribution in [0.25, 0.3) is 0 Å². The van der Waals surface area contributed by atoms with Crippen LogP contribution in [0, 0.1) is 0 Å². The van der Waals surface area contributed by atoms with Crippen molar-refractivity contribution in [3.8, 4) is 0 Å². The number of carbonyl (C=O) groups excluding carboxylic acids is 1. The third-order valence-corrected chi connectivity index (χ3v) is 2.42. The van der Waals surface area contributed by atoms with E-state index in [1.165, 1.54) is 0 Å². The van der Waals surface area contributed by atoms with Gasteiger partial charge in [0.25, 0.3) is 0 Å². The molecule has 0 aliphatic rings. The molecule has 16 heavy (non-hydrogen) atoms. The zero-order valence-corrected chi connectivity index (χ0v) is 10.2. The number of anilines is 1. The summed E-state index contributed by atoms with van der Waals surface area (Å²) in [5.74, 6) is -0.496. The smallest absolute Gasteiger partial charge is 0.313 e. The highest BCUT2D eigenvalue weighted by Gasteiger charge is 2.20. The Morgan fingerprint density at radius 1 is 1.56 bits per heavy atom. The van der Waals surface area contributed by atoms with Crippen molar-refractivity contribution in [1.82, 2.24) is 4.98 Å². The Morgan fingerprint density at radius 3 is 2.81 bits per heavy atom. The van der Waals surface area contributed by atoms with Crippen LogP contribution in [0.2, 0.25) is 0 Å². The number of esters is 1. The molecule has 0 aromatic carbocycles. The zero-order valence-electron chi connectivity index (χ0n) is 10.2. The van der Waals surface area contributed by atoms with E-state index < -0.39 is 0 Å². The van der Waals surface area contributed by atoms with Crippen LogP contribution in [0.1, 0.15) is 25.3 Å². The predicted octanol–water partition coefficient (Wildman–Crippen LogP) is 1.81. The molecule has 1 heterocycles. The molecule has 1 aromatic rings. The number of rotatable bonds is 4. The normalized spacial score (nSPS) is 12.0. The van der Waals surface area contributed by atoms with Gasteiger partial charge >= 0.3 is 5.97 Å². The fourth-order valence-corrected chi connectivity index (χ4v) is 1.53. The lowest BCUT2D eigenvalue weighted by Crippen LogP contribution is -2.18. The summed E-state index contributed by atoms with van der Waals surface area (Å²) in [6, 6.07) is 1.89. The molecule has 1 aromatic heterocycles. The molecular formula is C12H18N2O2. The Hall–Kier alpha value is -1.58. The maximum absolute atomic E-state index is 11.6. The SMILES string of the molecule is CCOC(=O)C(C)c1cnccc1N(C)C. The summed E-state index contributed by atoms with van der Waals surface area (Å²) in [6.07, 6.45) is 3.44. The Bertz CT molecular complexity index is 364. The first-order valence-corrected chi connectivity index (χ1v) is 5.35. The third kappa shape index (κ3) is 2.72. The molecule has 0 radical (unpaired) electrons. The Kier molecular flexibility index (Phi) is 4.28. The first kappa shape index (κ1) is 12.5. The van der Waals surface area contributed by atoms with E-state index in [1.807, 2.05) is 32.0 Å². The van der Waals surface area contributed by atoms with Crippen LogP contribution in [0.5, 0.6) is 0 Å². The van der Waals surface area contributed by atoms with Gasteiger partial charge in [-0.2, -0.15) is 0 Å². The van der Waals surface area contributed by atoms with Crippen molar-refractivity contribution in [2.45, 2.75) is 19.8 Å². The van der Waals surface area contributed by atoms with Crippen LogP contribution < -0.4 is 4.90 Å². The first-order chi connectivity index (χ1) is 7.57. The second-order valence-electron chi connectivity index (χ2n) is 3.80. The molecule has 88 valence electrons. The highest BCUT2D eigenvalue weighted by molar-refractivity contribution is 5.80. The third-order valence-electron chi connectivity index (χ3n) is 2.42. The van der Waals surface area contributed by atoms with Crippen molar-refractivity contribution in [3.05, 3.63) is 24.0 Å². The molecule has 1 unspecified atom stereocenters. The van der Waals surface area contributed by atoms with E-state index in [4.69, 9.17) is 4.74 Å². The maximum Gasteiger partial charge on any atom is 0.313 e. The molecule has 4 nitrogen and oxygen atoms in total. The van der Waals surface area contributed by atoms with E-state index in [2.05, 4.69) is 4.98 Å². The molecule has 0 aliphatic carbocycles. The molecule has 0 bridgehead atoms. The van der Waals surface area contributed by atoms with Gasteiger partial charge in [0.15, 0.2) is 0 Å². The van der Waals surface area contributed by atoms with Gasteiger partial charge in [0.1, 0.15) is 0 Å². The number of carbonyl (C=O) groups is 1. The predicted molar refractivity (Wildman–Crippen MR) is 63.6 cm³/mol. The van der Waals surface area contributed by atoms with Gasteiger partial charge in [0, 0.05) is 37.7 Å². The fourth-order valence-electron chi connectivity index (χ4n) is 1.53. The average Bonchev–Trinajstić information content (AvgIpc) is 2.28. The van der Waals surface area contributed by atoms with Crippen molar-refractivity contribution in [2.24, 2.45) is 0 Å². The summed E-state index contributed by atoms with van der Waals surface area (Å²) in [7, 11) is 3.88. The quantitative estimate of drug-likeness (QED) is 0.729. The standard InChI is InChI=1S/C12H18N2O2/c1-5-16-12(15)9(2)10-8-13-7-6-11(10)14(3)4/h6-9H,5H2,1-4H3. The number of hydrogen-bond donors (Lipinski definition) is 0. The molecule has 0 amide bonds. The summed E-state index contributed by atoms with van der Waals surface area (Å²) in [5.41, 5.74) is 1.89. The van der Waals surface area contributed by atoms with E-state index in [0.717, 1.165) is 11.3 Å². The van der Waals surface area contributed by atoms with Crippen LogP contribution in [-0.2, 0) is 9.53 Å². The monoisotopic (exact) mass is 222 g/mol. The summed E-state index contributed by atoms with van der Waals surface area (Å²) < 4.78 is 5.01. The van der Waals surface area contributed by atoms with Crippen LogP contribution in [0.3, 0.4) is 0 Å². The summed E-state index contributed by atoms with van der Waals surface area (Å²) in [4.78, 5) is 17.7. The molecule has 0 fully saturated rings. The highest BCUT2D eigenvalue weighted by Crippen LogP contribution is 2.26. The van der Waals surface area contributed by atoms with Crippen molar-refractivity contribution < 1.29 is 9.53 Å². The van der Waals surface area contributed by atoms with Crippen molar-refractivity contribution >= 4 is 11.7 Å². The van der Waals surface area contributed by atoms with Gasteiger partial charge in [-0.3, -0.25) is 9.78 Å². The molecule has 1 rings (SSSR count). The van der Waals surface area contributed by atoms with Crippen molar-refractivity contribution in [3.63, 3.8) is 0 Å². The van der Waals surface area contributed by atoms with Gasteiger partial charge in [-0.05, 0) is 19.9 Å². The topological polar surface area (TPSA) is 42.4 Å². The van der Waals surface area contributed by atoms with Crippen molar-refractivity contribution in [1.29, 1.82) is 0 Å². The molecular weight excluding hydrogens is 204 g/mol. The molecule has 0 saturated carbocycles. The van der Waals surface area contributed by atoms with Crippen LogP contribution in [-0.4, -0.2) is 31.7 Å². The second kappa shape index (κ2) is 5.49. The lowest BCUT2D eigenvalue weighted by Gasteiger charge is -2.19. The first-order valence-electron chi connectivity index (χ1n) is 5.35. The van der Waals surface area contributed by atoms with E-state index in [9.17, 15) is 4.79 Å². The van der Waals surface area contributed by atoms with E-state index in [1.54, 1.807) is 19.3 Å². The molecule has 0 aliphatic heterocycles. The van der Waals surface area contributed by atoms with E-state index in [0.29, 0.717) is 6.61 Å². The van der Waals surface area contributed by atoms with Gasteiger partial charge in [0.05, 0.1) is 12.5 Å². The largest absolute Gasteiger partial charge is 0.466 e. The molecule has 0 spiro atoms. The summed E-state index contributed by atoms with van der Waals surface area (Å²) in [5, 5.41) is 0. The van der Waals surface area contributed by atoms with Gasteiger partial charge in [-0.25, -0.2) is 0 Å². The second-order valence-corrected chi connectivity index (χ2v) is 3.80. The maximum atomic E-state index is 11.6. The highest BCUT2D eigenvalue weighted by atomic mass is 16.5. The fraction of sp³-hybridized carbons (Fsp3) is 0.500. The summed E-state index contributed by atoms with van der Waals surface area (Å²) >= 11 is 0. The Labute approximate surface area is 96.2 Å². The van der Waals surface area contributed by atoms with Crippen LogP contribution in [0.15, 0.2) is 18.5 Å². The van der Waals surface area contributed by atoms with E-state index in [-0.39, 0.29) is 11.9 Å². The number of ether oxygens (including phenoxy) is 1. The molecule has 0 N–H and O–H groups in total. The lowest BCUT2D eigenvalue weighted by molar-refractivity contribution is -0.144. The van der Waals surface area contributed by atoms with Gasteiger partial charge in [-0.1, -0.05) is 0 Å². The van der Waals surface area contributed by atoms with Crippen LogP contribution >= 0.6 is 0 Å². The minimum atomic E-state index is -0.286. The van der Waals surface area contributed by atoms with Gasteiger partial charge < -0.3 is 9.64 Å². The van der Waals surface area contributed by atoms with Crippen molar-refractivity contribution in [2.75, 3.05) is 25.6 Å². The molecule has 0 saturated heterocycles. The molecule has 1 atom stereocenters. The zero-order chi connectivity index (χ0) is 12.1. The minimum Gasteiger partial charge on any atom is -0.466 e. The number of hydrogen-bond acceptors (Lipinski definition) is 4.